The molecule has 2 N–H and O–H groups in total. The number of carboxylic acid groups (broad SMARTS) is 1. The summed E-state index contributed by atoms with van der Waals surface area (Å²) in [5, 5.41) is 9.14. The predicted octanol–water partition coefficient (Wildman–Crippen LogP) is -0.721. The second kappa shape index (κ2) is 7.89. The van der Waals surface area contributed by atoms with Crippen molar-refractivity contribution in [3.63, 3.8) is 0 Å². The number of aliphatic carboxylic acids is 1. The minimum atomic E-state index is -3.75. The van der Waals surface area contributed by atoms with Crippen LogP contribution in [0.25, 0.3) is 0 Å². The van der Waals surface area contributed by atoms with E-state index in [-0.39, 0.29) is 32.9 Å². The zero-order valence-electron chi connectivity index (χ0n) is 11.7. The first kappa shape index (κ1) is 17.3. The van der Waals surface area contributed by atoms with Crippen LogP contribution in [0.1, 0.15) is 13.3 Å². The van der Waals surface area contributed by atoms with E-state index in [1.807, 2.05) is 6.92 Å². The lowest BCUT2D eigenvalue weighted by Crippen LogP contribution is -2.51. The van der Waals surface area contributed by atoms with Crippen LogP contribution in [0.2, 0.25) is 0 Å². The molecule has 8 nitrogen and oxygen atoms in total. The highest BCUT2D eigenvalue weighted by Gasteiger charge is 2.42. The predicted molar refractivity (Wildman–Crippen MR) is 71.5 cm³/mol. The maximum atomic E-state index is 12.3. The van der Waals surface area contributed by atoms with E-state index in [2.05, 4.69) is 4.72 Å². The number of hydrogen-bond donors (Lipinski definition) is 2. The Kier molecular flexibility index (Phi) is 6.83. The summed E-state index contributed by atoms with van der Waals surface area (Å²) >= 11 is 0. The van der Waals surface area contributed by atoms with Gasteiger partial charge in [0.05, 0.1) is 31.8 Å². The largest absolute Gasteiger partial charge is 0.481 e. The number of methoxy groups -OCH3 is 1. The fourth-order valence-electron chi connectivity index (χ4n) is 2.10. The highest BCUT2D eigenvalue weighted by atomic mass is 32.2. The molecule has 0 aromatic rings. The van der Waals surface area contributed by atoms with Gasteiger partial charge in [-0.3, -0.25) is 4.79 Å². The molecule has 0 aromatic carbocycles. The summed E-state index contributed by atoms with van der Waals surface area (Å²) < 4.78 is 38.1. The van der Waals surface area contributed by atoms with Gasteiger partial charge in [0, 0.05) is 20.2 Å². The van der Waals surface area contributed by atoms with Gasteiger partial charge in [-0.05, 0) is 6.42 Å². The van der Waals surface area contributed by atoms with E-state index in [1.165, 1.54) is 11.4 Å². The van der Waals surface area contributed by atoms with Crippen molar-refractivity contribution in [2.24, 2.45) is 5.92 Å². The van der Waals surface area contributed by atoms with Crippen LogP contribution in [0.15, 0.2) is 0 Å². The summed E-state index contributed by atoms with van der Waals surface area (Å²) in [7, 11) is -2.27. The molecule has 0 bridgehead atoms. The first-order valence-corrected chi connectivity index (χ1v) is 7.94. The van der Waals surface area contributed by atoms with Crippen molar-refractivity contribution in [1.29, 1.82) is 0 Å². The molecule has 118 valence electrons. The topological polar surface area (TPSA) is 105 Å². The fourth-order valence-corrected chi connectivity index (χ4v) is 3.60. The molecule has 9 heteroatoms. The van der Waals surface area contributed by atoms with Crippen LogP contribution >= 0.6 is 0 Å². The van der Waals surface area contributed by atoms with Gasteiger partial charge in [0.1, 0.15) is 0 Å². The number of nitrogens with one attached hydrogen (secondary N) is 1. The Balaban J connectivity index is 2.84. The lowest BCUT2D eigenvalue weighted by Gasteiger charge is -2.29. The highest BCUT2D eigenvalue weighted by molar-refractivity contribution is 7.87. The summed E-state index contributed by atoms with van der Waals surface area (Å²) in [6.07, 6.45) is 0.591. The molecule has 1 rings (SSSR count). The van der Waals surface area contributed by atoms with Crippen LogP contribution in [-0.4, -0.2) is 69.9 Å². The molecule has 0 saturated carbocycles. The van der Waals surface area contributed by atoms with Crippen LogP contribution in [0.5, 0.6) is 0 Å². The lowest BCUT2D eigenvalue weighted by atomic mass is 10.0. The van der Waals surface area contributed by atoms with Crippen molar-refractivity contribution in [3.8, 4) is 0 Å². The van der Waals surface area contributed by atoms with Crippen LogP contribution in [0.4, 0.5) is 0 Å². The summed E-state index contributed by atoms with van der Waals surface area (Å²) in [5.41, 5.74) is 0. The fraction of sp³-hybridized carbons (Fsp3) is 0.909. The standard InChI is InChI=1S/C11H22N2O6S/c1-3-5-13(20(16,17)12-4-6-18-2)10-8-19-7-9(10)11(14)15/h9-10,12H,3-8H2,1-2H3,(H,14,15). The minimum absolute atomic E-state index is 0.0355. The van der Waals surface area contributed by atoms with Crippen molar-refractivity contribution >= 4 is 16.2 Å². The van der Waals surface area contributed by atoms with Gasteiger partial charge in [-0.2, -0.15) is 17.4 Å². The maximum absolute atomic E-state index is 12.3. The van der Waals surface area contributed by atoms with Gasteiger partial charge in [-0.25, -0.2) is 0 Å². The van der Waals surface area contributed by atoms with E-state index in [1.54, 1.807) is 0 Å². The molecule has 1 saturated heterocycles. The summed E-state index contributed by atoms with van der Waals surface area (Å²) in [6, 6.07) is -0.674. The quantitative estimate of drug-likeness (QED) is 0.545. The van der Waals surface area contributed by atoms with Gasteiger partial charge in [0.25, 0.3) is 10.2 Å². The van der Waals surface area contributed by atoms with Gasteiger partial charge < -0.3 is 14.6 Å². The second-order valence-corrected chi connectivity index (χ2v) is 6.26. The number of rotatable bonds is 9. The monoisotopic (exact) mass is 310 g/mol. The minimum Gasteiger partial charge on any atom is -0.481 e. The molecule has 1 aliphatic rings. The van der Waals surface area contributed by atoms with Gasteiger partial charge in [0.2, 0.25) is 0 Å². The number of ether oxygens (including phenoxy) is 2. The molecule has 2 unspecified atom stereocenters. The Morgan fingerprint density at radius 3 is 2.75 bits per heavy atom. The van der Waals surface area contributed by atoms with Crippen LogP contribution < -0.4 is 4.72 Å². The van der Waals surface area contributed by atoms with E-state index < -0.39 is 28.1 Å². The molecular weight excluding hydrogens is 288 g/mol. The average molecular weight is 310 g/mol. The van der Waals surface area contributed by atoms with Crippen LogP contribution in [-0.2, 0) is 24.5 Å². The summed E-state index contributed by atoms with van der Waals surface area (Å²) in [5.74, 6) is -1.87. The molecule has 0 amide bonds. The third-order valence-corrected chi connectivity index (χ3v) is 4.72. The number of nitrogens with zero attached hydrogens (tertiary/aromatic N) is 1. The molecule has 2 atom stereocenters. The van der Waals surface area contributed by atoms with Crippen molar-refractivity contribution < 1.29 is 27.8 Å². The molecule has 20 heavy (non-hydrogen) atoms. The van der Waals surface area contributed by atoms with Crippen molar-refractivity contribution in [2.75, 3.05) is 40.0 Å². The van der Waals surface area contributed by atoms with Crippen molar-refractivity contribution in [1.82, 2.24) is 9.03 Å². The Bertz CT molecular complexity index is 413. The molecular formula is C11H22N2O6S. The third-order valence-electron chi connectivity index (χ3n) is 3.08. The summed E-state index contributed by atoms with van der Waals surface area (Å²) in [4.78, 5) is 11.2. The van der Waals surface area contributed by atoms with E-state index in [0.29, 0.717) is 6.42 Å². The second-order valence-electron chi connectivity index (χ2n) is 4.55. The van der Waals surface area contributed by atoms with E-state index >= 15 is 0 Å². The highest BCUT2D eigenvalue weighted by Crippen LogP contribution is 2.22. The molecule has 1 fully saturated rings. The molecule has 1 aliphatic heterocycles. The zero-order valence-corrected chi connectivity index (χ0v) is 12.6. The third kappa shape index (κ3) is 4.38. The van der Waals surface area contributed by atoms with E-state index in [0.717, 1.165) is 0 Å². The normalized spacial score (nSPS) is 23.4. The smallest absolute Gasteiger partial charge is 0.310 e. The van der Waals surface area contributed by atoms with Crippen molar-refractivity contribution in [3.05, 3.63) is 0 Å². The molecule has 0 radical (unpaired) electrons. The van der Waals surface area contributed by atoms with Gasteiger partial charge in [-0.15, -0.1) is 0 Å². The number of carboxylic acids is 1. The van der Waals surface area contributed by atoms with Crippen LogP contribution in [0, 0.1) is 5.92 Å². The first-order valence-electron chi connectivity index (χ1n) is 6.50. The zero-order chi connectivity index (χ0) is 15.2. The van der Waals surface area contributed by atoms with E-state index in [4.69, 9.17) is 14.6 Å². The number of carbonyl (C=O) groups is 1. The molecule has 0 aromatic heterocycles. The molecule has 1 heterocycles. The SMILES string of the molecule is CCCN(C1COCC1C(=O)O)S(=O)(=O)NCCOC. The van der Waals surface area contributed by atoms with Crippen LogP contribution in [0.3, 0.4) is 0 Å². The van der Waals surface area contributed by atoms with Gasteiger partial charge in [-0.1, -0.05) is 6.92 Å². The first-order chi connectivity index (χ1) is 9.44. The van der Waals surface area contributed by atoms with Gasteiger partial charge >= 0.3 is 5.97 Å². The summed E-state index contributed by atoms with van der Waals surface area (Å²) in [6.45, 7) is 2.62. The number of hydrogen-bond acceptors (Lipinski definition) is 5. The average Bonchev–Trinajstić information content (AvgIpc) is 2.84. The Morgan fingerprint density at radius 1 is 1.50 bits per heavy atom. The van der Waals surface area contributed by atoms with Crippen molar-refractivity contribution in [2.45, 2.75) is 19.4 Å². The Hall–Kier alpha value is -0.740. The molecule has 0 spiro atoms. The maximum Gasteiger partial charge on any atom is 0.310 e. The lowest BCUT2D eigenvalue weighted by molar-refractivity contribution is -0.142. The van der Waals surface area contributed by atoms with Gasteiger partial charge in [0.15, 0.2) is 0 Å². The van der Waals surface area contributed by atoms with E-state index in [9.17, 15) is 13.2 Å². The Morgan fingerprint density at radius 2 is 2.20 bits per heavy atom. The Labute approximate surface area is 119 Å². The molecule has 0 aliphatic carbocycles.